The van der Waals surface area contributed by atoms with Gasteiger partial charge in [-0.1, -0.05) is 24.3 Å². The van der Waals surface area contributed by atoms with Crippen molar-refractivity contribution in [1.29, 1.82) is 0 Å². The second kappa shape index (κ2) is 8.18. The zero-order chi connectivity index (χ0) is 21.3. The van der Waals surface area contributed by atoms with Crippen molar-refractivity contribution < 1.29 is 14.4 Å². The minimum Gasteiger partial charge on any atom is -0.324 e. The summed E-state index contributed by atoms with van der Waals surface area (Å²) in [6.07, 6.45) is 1.31. The number of imide groups is 1. The number of para-hydroxylation sites is 1. The molecule has 0 aliphatic carbocycles. The Hall–Kier alpha value is -3.35. The van der Waals surface area contributed by atoms with Crippen LogP contribution in [0.4, 0.5) is 21.0 Å². The fourth-order valence-corrected chi connectivity index (χ4v) is 4.27. The number of benzene rings is 2. The molecule has 2 aliphatic heterocycles. The molecule has 4 rings (SSSR count). The Labute approximate surface area is 176 Å². The number of hydrogen-bond acceptors (Lipinski definition) is 3. The number of carbonyl (C=O) groups is 3. The van der Waals surface area contributed by atoms with Crippen LogP contribution in [-0.2, 0) is 4.79 Å². The highest BCUT2D eigenvalue weighted by Gasteiger charge is 2.41. The lowest BCUT2D eigenvalue weighted by atomic mass is 10.0. The summed E-state index contributed by atoms with van der Waals surface area (Å²) >= 11 is 0. The van der Waals surface area contributed by atoms with E-state index >= 15 is 0 Å². The van der Waals surface area contributed by atoms with Crippen LogP contribution in [0.25, 0.3) is 0 Å². The molecule has 7 heteroatoms. The van der Waals surface area contributed by atoms with Gasteiger partial charge in [-0.3, -0.25) is 4.79 Å². The minimum atomic E-state index is -0.274. The number of nitrogens with one attached hydrogen (secondary N) is 1. The number of urea groups is 2. The van der Waals surface area contributed by atoms with Crippen LogP contribution in [-0.4, -0.2) is 53.4 Å². The van der Waals surface area contributed by atoms with E-state index in [1.54, 1.807) is 21.9 Å². The Balaban J connectivity index is 1.36. The number of piperidine rings is 1. The average molecular weight is 406 g/mol. The minimum absolute atomic E-state index is 0.0413. The first-order valence-corrected chi connectivity index (χ1v) is 10.3. The smallest absolute Gasteiger partial charge is 0.324 e. The molecule has 2 aliphatic rings. The Bertz CT molecular complexity index is 947. The number of carbonyl (C=O) groups excluding carboxylic acids is 3. The molecule has 2 aromatic rings. The lowest BCUT2D eigenvalue weighted by molar-refractivity contribution is -0.116. The summed E-state index contributed by atoms with van der Waals surface area (Å²) in [5.41, 5.74) is 3.59. The van der Waals surface area contributed by atoms with E-state index in [9.17, 15) is 14.4 Å². The van der Waals surface area contributed by atoms with Crippen molar-refractivity contribution in [3.8, 4) is 0 Å². The summed E-state index contributed by atoms with van der Waals surface area (Å²) in [5, 5.41) is 2.97. The fourth-order valence-electron chi connectivity index (χ4n) is 4.27. The molecule has 0 unspecified atom stereocenters. The standard InChI is InChI=1S/C23H26N4O3/c1-16-12-17(2)14-18(13-16)24-22(29)25-10-8-19(9-11-25)26-15-21(28)27(23(26)30)20-6-4-3-5-7-20/h3-7,12-14,19H,8-11,15H2,1-2H3,(H,24,29). The van der Waals surface area contributed by atoms with Crippen molar-refractivity contribution in [1.82, 2.24) is 9.80 Å². The van der Waals surface area contributed by atoms with E-state index in [1.807, 2.05) is 44.2 Å². The molecule has 0 radical (unpaired) electrons. The van der Waals surface area contributed by atoms with E-state index in [-0.39, 0.29) is 30.6 Å². The van der Waals surface area contributed by atoms with Gasteiger partial charge in [0.15, 0.2) is 0 Å². The van der Waals surface area contributed by atoms with Gasteiger partial charge >= 0.3 is 12.1 Å². The first kappa shape index (κ1) is 19.9. The van der Waals surface area contributed by atoms with Crippen LogP contribution >= 0.6 is 0 Å². The Kier molecular flexibility index (Phi) is 5.44. The Morgan fingerprint density at radius 1 is 0.967 bits per heavy atom. The topological polar surface area (TPSA) is 73.0 Å². The maximum atomic E-state index is 12.9. The maximum absolute atomic E-state index is 12.9. The summed E-state index contributed by atoms with van der Waals surface area (Å²) in [7, 11) is 0. The average Bonchev–Trinajstić information content (AvgIpc) is 3.02. The lowest BCUT2D eigenvalue weighted by Crippen LogP contribution is -2.49. The van der Waals surface area contributed by atoms with Crippen LogP contribution in [0.3, 0.4) is 0 Å². The highest BCUT2D eigenvalue weighted by Crippen LogP contribution is 2.26. The van der Waals surface area contributed by atoms with Crippen LogP contribution in [0.5, 0.6) is 0 Å². The lowest BCUT2D eigenvalue weighted by Gasteiger charge is -2.36. The van der Waals surface area contributed by atoms with Crippen molar-refractivity contribution in [3.63, 3.8) is 0 Å². The molecule has 0 aromatic heterocycles. The van der Waals surface area contributed by atoms with E-state index in [0.717, 1.165) is 16.8 Å². The summed E-state index contributed by atoms with van der Waals surface area (Å²) in [6, 6.07) is 14.5. The van der Waals surface area contributed by atoms with E-state index < -0.39 is 0 Å². The number of anilines is 2. The normalized spacial score (nSPS) is 17.6. The van der Waals surface area contributed by atoms with Crippen LogP contribution in [0, 0.1) is 13.8 Å². The molecule has 5 amide bonds. The summed E-state index contributed by atoms with van der Waals surface area (Å²) < 4.78 is 0. The Morgan fingerprint density at radius 3 is 2.23 bits per heavy atom. The first-order chi connectivity index (χ1) is 14.4. The second-order valence-electron chi connectivity index (χ2n) is 8.00. The molecule has 2 fully saturated rings. The summed E-state index contributed by atoms with van der Waals surface area (Å²) in [4.78, 5) is 42.6. The summed E-state index contributed by atoms with van der Waals surface area (Å²) in [5.74, 6) is -0.207. The third kappa shape index (κ3) is 4.01. The SMILES string of the molecule is Cc1cc(C)cc(NC(=O)N2CCC(N3CC(=O)N(c4ccccc4)C3=O)CC2)c1. The number of aryl methyl sites for hydroxylation is 2. The van der Waals surface area contributed by atoms with E-state index in [4.69, 9.17) is 0 Å². The molecule has 2 heterocycles. The molecule has 156 valence electrons. The fraction of sp³-hybridized carbons (Fsp3) is 0.348. The van der Waals surface area contributed by atoms with Gasteiger partial charge in [0.1, 0.15) is 6.54 Å². The number of amides is 5. The molecule has 1 N–H and O–H groups in total. The molecule has 0 bridgehead atoms. The van der Waals surface area contributed by atoms with E-state index in [2.05, 4.69) is 11.4 Å². The third-order valence-corrected chi connectivity index (χ3v) is 5.67. The zero-order valence-corrected chi connectivity index (χ0v) is 17.3. The van der Waals surface area contributed by atoms with E-state index in [0.29, 0.717) is 31.6 Å². The predicted molar refractivity (Wildman–Crippen MR) is 116 cm³/mol. The predicted octanol–water partition coefficient (Wildman–Crippen LogP) is 3.77. The molecule has 30 heavy (non-hydrogen) atoms. The van der Waals surface area contributed by atoms with Gasteiger partial charge in [-0.25, -0.2) is 14.5 Å². The molecule has 2 saturated heterocycles. The van der Waals surface area contributed by atoms with Gasteiger partial charge in [-0.05, 0) is 62.1 Å². The number of likely N-dealkylation sites (tertiary alicyclic amines) is 1. The van der Waals surface area contributed by atoms with Crippen molar-refractivity contribution in [3.05, 3.63) is 59.7 Å². The quantitative estimate of drug-likeness (QED) is 0.789. The van der Waals surface area contributed by atoms with Crippen molar-refractivity contribution in [2.75, 3.05) is 29.9 Å². The number of nitrogens with zero attached hydrogens (tertiary/aromatic N) is 3. The molecule has 0 saturated carbocycles. The van der Waals surface area contributed by atoms with Gasteiger partial charge in [-0.2, -0.15) is 0 Å². The van der Waals surface area contributed by atoms with Crippen LogP contribution < -0.4 is 10.2 Å². The molecule has 0 spiro atoms. The van der Waals surface area contributed by atoms with Crippen molar-refractivity contribution in [2.24, 2.45) is 0 Å². The molecule has 0 atom stereocenters. The van der Waals surface area contributed by atoms with Crippen LogP contribution in [0.15, 0.2) is 48.5 Å². The molecular formula is C23H26N4O3. The summed E-state index contributed by atoms with van der Waals surface area (Å²) in [6.45, 7) is 5.19. The van der Waals surface area contributed by atoms with Gasteiger partial charge < -0.3 is 15.1 Å². The Morgan fingerprint density at radius 2 is 1.60 bits per heavy atom. The largest absolute Gasteiger partial charge is 0.332 e. The number of rotatable bonds is 3. The van der Waals surface area contributed by atoms with Crippen molar-refractivity contribution in [2.45, 2.75) is 32.7 Å². The molecule has 7 nitrogen and oxygen atoms in total. The van der Waals surface area contributed by atoms with Gasteiger partial charge in [-0.15, -0.1) is 0 Å². The van der Waals surface area contributed by atoms with Crippen LogP contribution in [0.2, 0.25) is 0 Å². The van der Waals surface area contributed by atoms with Gasteiger partial charge in [0.25, 0.3) is 5.91 Å². The highest BCUT2D eigenvalue weighted by atomic mass is 16.2. The first-order valence-electron chi connectivity index (χ1n) is 10.3. The van der Waals surface area contributed by atoms with Gasteiger partial charge in [0.2, 0.25) is 0 Å². The molecular weight excluding hydrogens is 380 g/mol. The van der Waals surface area contributed by atoms with Gasteiger partial charge in [0, 0.05) is 24.8 Å². The monoisotopic (exact) mass is 406 g/mol. The van der Waals surface area contributed by atoms with Gasteiger partial charge in [0.05, 0.1) is 5.69 Å². The number of hydrogen-bond donors (Lipinski definition) is 1. The highest BCUT2D eigenvalue weighted by molar-refractivity contribution is 6.19. The second-order valence-corrected chi connectivity index (χ2v) is 8.00. The maximum Gasteiger partial charge on any atom is 0.332 e. The molecule has 2 aromatic carbocycles. The van der Waals surface area contributed by atoms with Crippen molar-refractivity contribution >= 4 is 29.3 Å². The van der Waals surface area contributed by atoms with Crippen LogP contribution in [0.1, 0.15) is 24.0 Å². The third-order valence-electron chi connectivity index (χ3n) is 5.67. The van der Waals surface area contributed by atoms with E-state index in [1.165, 1.54) is 4.90 Å². The zero-order valence-electron chi connectivity index (χ0n) is 17.3.